The smallest absolute Gasteiger partial charge is 0.0233 e. The van der Waals surface area contributed by atoms with Gasteiger partial charge < -0.3 is 4.90 Å². The van der Waals surface area contributed by atoms with E-state index in [4.69, 9.17) is 11.6 Å². The summed E-state index contributed by atoms with van der Waals surface area (Å²) in [4.78, 5) is 2.59. The third-order valence-corrected chi connectivity index (χ3v) is 4.28. The first-order valence-corrected chi connectivity index (χ1v) is 7.31. The van der Waals surface area contributed by atoms with Crippen molar-refractivity contribution in [1.29, 1.82) is 0 Å². The molecule has 1 heterocycles. The molecule has 0 bridgehead atoms. The highest BCUT2D eigenvalue weighted by Crippen LogP contribution is 2.16. The number of hydrogen-bond donors (Lipinski definition) is 0. The standard InChI is InChI=1S/C11H22ClNS/c1-11(5-6-12)14-10-4-9-13-7-2-3-8-13/h11H,2-10H2,1H3. The van der Waals surface area contributed by atoms with Crippen molar-refractivity contribution in [2.24, 2.45) is 0 Å². The van der Waals surface area contributed by atoms with Crippen molar-refractivity contribution >= 4 is 23.4 Å². The summed E-state index contributed by atoms with van der Waals surface area (Å²) in [6.45, 7) is 6.26. The molecule has 1 unspecified atom stereocenters. The van der Waals surface area contributed by atoms with Crippen molar-refractivity contribution in [2.75, 3.05) is 31.3 Å². The van der Waals surface area contributed by atoms with Crippen molar-refractivity contribution < 1.29 is 0 Å². The van der Waals surface area contributed by atoms with Crippen LogP contribution < -0.4 is 0 Å². The highest BCUT2D eigenvalue weighted by atomic mass is 35.5. The van der Waals surface area contributed by atoms with E-state index in [2.05, 4.69) is 23.6 Å². The molecule has 0 aromatic heterocycles. The second-order valence-electron chi connectivity index (χ2n) is 4.06. The van der Waals surface area contributed by atoms with Crippen LogP contribution in [0.2, 0.25) is 0 Å². The Bertz CT molecular complexity index is 137. The molecule has 0 aromatic carbocycles. The van der Waals surface area contributed by atoms with Gasteiger partial charge in [0, 0.05) is 11.1 Å². The monoisotopic (exact) mass is 235 g/mol. The molecule has 0 radical (unpaired) electrons. The molecular formula is C11H22ClNS. The van der Waals surface area contributed by atoms with Crippen LogP contribution in [0.1, 0.15) is 32.6 Å². The number of likely N-dealkylation sites (tertiary alicyclic amines) is 1. The summed E-state index contributed by atoms with van der Waals surface area (Å²) in [6.07, 6.45) is 5.32. The Morgan fingerprint density at radius 2 is 2.07 bits per heavy atom. The minimum Gasteiger partial charge on any atom is -0.303 e. The van der Waals surface area contributed by atoms with E-state index in [-0.39, 0.29) is 0 Å². The second kappa shape index (κ2) is 7.84. The van der Waals surface area contributed by atoms with E-state index in [0.717, 1.165) is 17.6 Å². The zero-order chi connectivity index (χ0) is 10.2. The first kappa shape index (κ1) is 12.7. The maximum atomic E-state index is 5.69. The number of halogens is 1. The average Bonchev–Trinajstić information content (AvgIpc) is 2.65. The predicted molar refractivity (Wildman–Crippen MR) is 67.5 cm³/mol. The van der Waals surface area contributed by atoms with E-state index in [1.807, 2.05) is 0 Å². The van der Waals surface area contributed by atoms with Crippen LogP contribution in [0.3, 0.4) is 0 Å². The normalized spacial score (nSPS) is 20.1. The van der Waals surface area contributed by atoms with Gasteiger partial charge in [0.1, 0.15) is 0 Å². The molecule has 0 spiro atoms. The number of hydrogen-bond acceptors (Lipinski definition) is 2. The molecule has 0 saturated carbocycles. The zero-order valence-electron chi connectivity index (χ0n) is 9.17. The van der Waals surface area contributed by atoms with E-state index >= 15 is 0 Å². The Morgan fingerprint density at radius 3 is 2.71 bits per heavy atom. The fourth-order valence-corrected chi connectivity index (χ4v) is 3.26. The van der Waals surface area contributed by atoms with E-state index in [1.54, 1.807) is 0 Å². The lowest BCUT2D eigenvalue weighted by Gasteiger charge is -2.15. The topological polar surface area (TPSA) is 3.24 Å². The van der Waals surface area contributed by atoms with Gasteiger partial charge in [-0.2, -0.15) is 11.8 Å². The third kappa shape index (κ3) is 5.47. The van der Waals surface area contributed by atoms with Crippen LogP contribution in [0, 0.1) is 0 Å². The molecule has 1 aliphatic rings. The summed E-state index contributed by atoms with van der Waals surface area (Å²) in [5.41, 5.74) is 0. The highest BCUT2D eigenvalue weighted by molar-refractivity contribution is 7.99. The zero-order valence-corrected chi connectivity index (χ0v) is 10.7. The van der Waals surface area contributed by atoms with Crippen LogP contribution in [-0.2, 0) is 0 Å². The molecule has 1 nitrogen and oxygen atoms in total. The van der Waals surface area contributed by atoms with E-state index < -0.39 is 0 Å². The minimum absolute atomic E-state index is 0.742. The van der Waals surface area contributed by atoms with Crippen molar-refractivity contribution in [3.05, 3.63) is 0 Å². The molecule has 1 aliphatic heterocycles. The van der Waals surface area contributed by atoms with Crippen LogP contribution in [0.25, 0.3) is 0 Å². The SMILES string of the molecule is CC(CCCl)SCCCN1CCCC1. The quantitative estimate of drug-likeness (QED) is 0.493. The van der Waals surface area contributed by atoms with Gasteiger partial charge in [-0.15, -0.1) is 11.6 Å². The minimum atomic E-state index is 0.742. The average molecular weight is 236 g/mol. The summed E-state index contributed by atoms with van der Waals surface area (Å²) in [5.74, 6) is 2.11. The van der Waals surface area contributed by atoms with Gasteiger partial charge in [0.15, 0.2) is 0 Å². The van der Waals surface area contributed by atoms with Gasteiger partial charge in [-0.05, 0) is 51.1 Å². The summed E-state index contributed by atoms with van der Waals surface area (Å²) >= 11 is 7.76. The van der Waals surface area contributed by atoms with Crippen molar-refractivity contribution in [3.8, 4) is 0 Å². The summed E-state index contributed by atoms with van der Waals surface area (Å²) in [7, 11) is 0. The molecule has 0 aromatic rings. The lowest BCUT2D eigenvalue weighted by Crippen LogP contribution is -2.20. The Kier molecular flexibility index (Phi) is 7.09. The molecule has 1 fully saturated rings. The van der Waals surface area contributed by atoms with Crippen molar-refractivity contribution in [1.82, 2.24) is 4.90 Å². The van der Waals surface area contributed by atoms with Gasteiger partial charge in [0.2, 0.25) is 0 Å². The first-order chi connectivity index (χ1) is 6.83. The van der Waals surface area contributed by atoms with Crippen molar-refractivity contribution in [2.45, 2.75) is 37.9 Å². The second-order valence-corrected chi connectivity index (χ2v) is 5.99. The fourth-order valence-electron chi connectivity index (χ4n) is 1.82. The van der Waals surface area contributed by atoms with Gasteiger partial charge in [0.05, 0.1) is 0 Å². The van der Waals surface area contributed by atoms with Gasteiger partial charge in [-0.3, -0.25) is 0 Å². The maximum absolute atomic E-state index is 5.69. The van der Waals surface area contributed by atoms with Crippen LogP contribution in [0.5, 0.6) is 0 Å². The molecule has 0 amide bonds. The largest absolute Gasteiger partial charge is 0.303 e. The molecule has 1 rings (SSSR count). The Balaban J connectivity index is 1.88. The molecule has 0 aliphatic carbocycles. The highest BCUT2D eigenvalue weighted by Gasteiger charge is 2.10. The van der Waals surface area contributed by atoms with E-state index in [1.165, 1.54) is 44.6 Å². The van der Waals surface area contributed by atoms with Gasteiger partial charge in [-0.1, -0.05) is 6.92 Å². The Morgan fingerprint density at radius 1 is 1.36 bits per heavy atom. The lowest BCUT2D eigenvalue weighted by molar-refractivity contribution is 0.341. The number of rotatable bonds is 7. The number of alkyl halides is 1. The number of nitrogens with zero attached hydrogens (tertiary/aromatic N) is 1. The van der Waals surface area contributed by atoms with Gasteiger partial charge >= 0.3 is 0 Å². The van der Waals surface area contributed by atoms with Crippen LogP contribution >= 0.6 is 23.4 Å². The molecule has 1 atom stereocenters. The van der Waals surface area contributed by atoms with E-state index in [0.29, 0.717) is 0 Å². The maximum Gasteiger partial charge on any atom is 0.0233 e. The fraction of sp³-hybridized carbons (Fsp3) is 1.00. The summed E-state index contributed by atoms with van der Waals surface area (Å²) in [5, 5.41) is 0.742. The molecule has 3 heteroatoms. The van der Waals surface area contributed by atoms with Crippen LogP contribution in [0.4, 0.5) is 0 Å². The van der Waals surface area contributed by atoms with E-state index in [9.17, 15) is 0 Å². The molecule has 1 saturated heterocycles. The molecule has 0 N–H and O–H groups in total. The predicted octanol–water partition coefficient (Wildman–Crippen LogP) is 3.22. The molecule has 84 valence electrons. The van der Waals surface area contributed by atoms with Crippen molar-refractivity contribution in [3.63, 3.8) is 0 Å². The summed E-state index contributed by atoms with van der Waals surface area (Å²) < 4.78 is 0. The Labute approximate surface area is 97.6 Å². The van der Waals surface area contributed by atoms with Crippen LogP contribution in [0.15, 0.2) is 0 Å². The number of thioether (sulfide) groups is 1. The van der Waals surface area contributed by atoms with Crippen LogP contribution in [-0.4, -0.2) is 41.4 Å². The Hall–Kier alpha value is 0.600. The lowest BCUT2D eigenvalue weighted by atomic mass is 10.4. The van der Waals surface area contributed by atoms with Gasteiger partial charge in [0.25, 0.3) is 0 Å². The first-order valence-electron chi connectivity index (χ1n) is 5.73. The third-order valence-electron chi connectivity index (χ3n) is 2.74. The summed E-state index contributed by atoms with van der Waals surface area (Å²) in [6, 6.07) is 0. The molecular weight excluding hydrogens is 214 g/mol. The molecule has 14 heavy (non-hydrogen) atoms. The van der Waals surface area contributed by atoms with Gasteiger partial charge in [-0.25, -0.2) is 0 Å².